The fourth-order valence-electron chi connectivity index (χ4n) is 2.25. The quantitative estimate of drug-likeness (QED) is 0.252. The maximum atomic E-state index is 13.9. The minimum absolute atomic E-state index is 0.0332. The van der Waals surface area contributed by atoms with E-state index < -0.39 is 17.5 Å². The summed E-state index contributed by atoms with van der Waals surface area (Å²) in [6, 6.07) is 9.77. The molecule has 3 aromatic carbocycles. The summed E-state index contributed by atoms with van der Waals surface area (Å²) in [6.07, 6.45) is 0. The van der Waals surface area contributed by atoms with Crippen molar-refractivity contribution in [1.29, 1.82) is 0 Å². The van der Waals surface area contributed by atoms with Gasteiger partial charge in [0.1, 0.15) is 0 Å². The molecular weight excluding hydrogens is 491 g/mol. The van der Waals surface area contributed by atoms with E-state index in [2.05, 4.69) is 15.9 Å². The number of fused-ring (bicyclic) bond motifs is 1. The second-order valence-corrected chi connectivity index (χ2v) is 7.09. The Hall–Kier alpha value is -0.790. The number of benzene rings is 3. The van der Waals surface area contributed by atoms with E-state index in [0.717, 1.165) is 16.1 Å². The van der Waals surface area contributed by atoms with E-state index in [1.54, 1.807) is 0 Å². The van der Waals surface area contributed by atoms with Gasteiger partial charge in [-0.2, -0.15) is 0 Å². The molecule has 0 aliphatic heterocycles. The first-order valence-electron chi connectivity index (χ1n) is 6.11. The standard InChI is InChI=1S/C16H6BrClF3I/c17-8-3-1-7(2-4-8)13-12(22)6-10-9(14(13)18)5-11(19)16(21)15(10)20/h1-6H. The Balaban J connectivity index is 2.38. The van der Waals surface area contributed by atoms with Crippen LogP contribution in [0.25, 0.3) is 21.9 Å². The summed E-state index contributed by atoms with van der Waals surface area (Å²) in [5.41, 5.74) is 1.47. The molecule has 6 heteroatoms. The van der Waals surface area contributed by atoms with Crippen molar-refractivity contribution >= 4 is 60.9 Å². The van der Waals surface area contributed by atoms with E-state index in [0.29, 0.717) is 9.13 Å². The molecule has 3 aromatic rings. The highest BCUT2D eigenvalue weighted by molar-refractivity contribution is 14.1. The topological polar surface area (TPSA) is 0 Å². The van der Waals surface area contributed by atoms with Crippen LogP contribution in [0.5, 0.6) is 0 Å². The van der Waals surface area contributed by atoms with Gasteiger partial charge in [-0.1, -0.05) is 39.7 Å². The van der Waals surface area contributed by atoms with Crippen LogP contribution in [0.4, 0.5) is 13.2 Å². The highest BCUT2D eigenvalue weighted by Gasteiger charge is 2.19. The van der Waals surface area contributed by atoms with Crippen LogP contribution < -0.4 is 0 Å². The third-order valence-electron chi connectivity index (χ3n) is 3.30. The molecule has 0 bridgehead atoms. The Bertz CT molecular complexity index is 895. The maximum absolute atomic E-state index is 13.9. The predicted octanol–water partition coefficient (Wildman–Crippen LogP) is 6.94. The highest BCUT2D eigenvalue weighted by atomic mass is 127. The lowest BCUT2D eigenvalue weighted by atomic mass is 10.0. The summed E-state index contributed by atoms with van der Waals surface area (Å²) < 4.78 is 42.4. The van der Waals surface area contributed by atoms with Gasteiger partial charge >= 0.3 is 0 Å². The molecule has 0 unspecified atom stereocenters. The lowest BCUT2D eigenvalue weighted by Crippen LogP contribution is -1.95. The molecular formula is C16H6BrClF3I. The summed E-state index contributed by atoms with van der Waals surface area (Å²) in [4.78, 5) is 0. The van der Waals surface area contributed by atoms with Crippen molar-refractivity contribution in [2.24, 2.45) is 0 Å². The van der Waals surface area contributed by atoms with Crippen LogP contribution in [0, 0.1) is 21.0 Å². The van der Waals surface area contributed by atoms with E-state index in [1.165, 1.54) is 6.07 Å². The molecule has 0 aromatic heterocycles. The van der Waals surface area contributed by atoms with Gasteiger partial charge in [-0.05, 0) is 52.4 Å². The molecule has 0 heterocycles. The van der Waals surface area contributed by atoms with Gasteiger partial charge in [0.05, 0.1) is 5.02 Å². The largest absolute Gasteiger partial charge is 0.204 e. The predicted molar refractivity (Wildman–Crippen MR) is 94.7 cm³/mol. The molecule has 0 atom stereocenters. The fourth-order valence-corrected chi connectivity index (χ4v) is 3.93. The van der Waals surface area contributed by atoms with Gasteiger partial charge in [-0.15, -0.1) is 0 Å². The molecule has 0 radical (unpaired) electrons. The van der Waals surface area contributed by atoms with Crippen molar-refractivity contribution in [2.75, 3.05) is 0 Å². The summed E-state index contributed by atoms with van der Waals surface area (Å²) >= 11 is 11.7. The van der Waals surface area contributed by atoms with Gasteiger partial charge in [0, 0.05) is 24.4 Å². The lowest BCUT2D eigenvalue weighted by molar-refractivity contribution is 0.453. The second kappa shape index (κ2) is 6.02. The van der Waals surface area contributed by atoms with Gasteiger partial charge in [0.2, 0.25) is 0 Å². The summed E-state index contributed by atoms with van der Waals surface area (Å²) in [5, 5.41) is 0.313. The van der Waals surface area contributed by atoms with Gasteiger partial charge < -0.3 is 0 Å². The lowest BCUT2D eigenvalue weighted by Gasteiger charge is -2.12. The Labute approximate surface area is 151 Å². The molecule has 0 aliphatic carbocycles. The fraction of sp³-hybridized carbons (Fsp3) is 0. The average Bonchev–Trinajstić information content (AvgIpc) is 2.48. The Kier molecular flexibility index (Phi) is 4.40. The van der Waals surface area contributed by atoms with E-state index in [-0.39, 0.29) is 15.8 Å². The third-order valence-corrected chi connectivity index (χ3v) is 5.07. The van der Waals surface area contributed by atoms with Crippen molar-refractivity contribution in [3.05, 3.63) is 66.9 Å². The minimum atomic E-state index is -1.49. The third kappa shape index (κ3) is 2.63. The van der Waals surface area contributed by atoms with Crippen LogP contribution in [-0.2, 0) is 0 Å². The monoisotopic (exact) mass is 496 g/mol. The highest BCUT2D eigenvalue weighted by Crippen LogP contribution is 2.40. The molecule has 0 nitrogen and oxygen atoms in total. The summed E-state index contributed by atoms with van der Waals surface area (Å²) in [5.74, 6) is -3.97. The number of hydrogen-bond acceptors (Lipinski definition) is 0. The van der Waals surface area contributed by atoms with Crippen LogP contribution in [-0.4, -0.2) is 0 Å². The molecule has 0 saturated heterocycles. The van der Waals surface area contributed by atoms with Gasteiger partial charge in [0.15, 0.2) is 17.5 Å². The smallest absolute Gasteiger partial charge is 0.195 e. The van der Waals surface area contributed by atoms with Crippen molar-refractivity contribution < 1.29 is 13.2 Å². The summed E-state index contributed by atoms with van der Waals surface area (Å²) in [7, 11) is 0. The normalized spacial score (nSPS) is 11.2. The molecule has 0 spiro atoms. The molecule has 3 rings (SSSR count). The van der Waals surface area contributed by atoms with Gasteiger partial charge in [0.25, 0.3) is 0 Å². The van der Waals surface area contributed by atoms with Crippen molar-refractivity contribution in [3.8, 4) is 11.1 Å². The molecule has 22 heavy (non-hydrogen) atoms. The van der Waals surface area contributed by atoms with Crippen LogP contribution in [0.15, 0.2) is 40.9 Å². The second-order valence-electron chi connectivity index (χ2n) is 4.64. The van der Waals surface area contributed by atoms with E-state index in [4.69, 9.17) is 11.6 Å². The molecule has 0 fully saturated rings. The van der Waals surface area contributed by atoms with E-state index >= 15 is 0 Å². The first-order valence-corrected chi connectivity index (χ1v) is 8.36. The molecule has 0 saturated carbocycles. The van der Waals surface area contributed by atoms with E-state index in [9.17, 15) is 13.2 Å². The van der Waals surface area contributed by atoms with Crippen molar-refractivity contribution in [2.45, 2.75) is 0 Å². The van der Waals surface area contributed by atoms with Crippen LogP contribution in [0.3, 0.4) is 0 Å². The van der Waals surface area contributed by atoms with Crippen molar-refractivity contribution in [3.63, 3.8) is 0 Å². The Morgan fingerprint density at radius 2 is 1.55 bits per heavy atom. The van der Waals surface area contributed by atoms with Gasteiger partial charge in [-0.25, -0.2) is 13.2 Å². The summed E-state index contributed by atoms with van der Waals surface area (Å²) in [6.45, 7) is 0. The number of rotatable bonds is 1. The first-order chi connectivity index (χ1) is 10.4. The van der Waals surface area contributed by atoms with Crippen molar-refractivity contribution in [1.82, 2.24) is 0 Å². The Morgan fingerprint density at radius 1 is 0.909 bits per heavy atom. The number of hydrogen-bond donors (Lipinski definition) is 0. The first kappa shape index (κ1) is 16.1. The Morgan fingerprint density at radius 3 is 2.18 bits per heavy atom. The molecule has 112 valence electrons. The zero-order valence-corrected chi connectivity index (χ0v) is 15.2. The maximum Gasteiger partial charge on any atom is 0.195 e. The van der Waals surface area contributed by atoms with Crippen LogP contribution in [0.1, 0.15) is 0 Å². The molecule has 0 aliphatic rings. The molecule has 0 amide bonds. The SMILES string of the molecule is Fc1cc2c(Cl)c(-c3ccc(Br)cc3)c(I)cc2c(F)c1F. The minimum Gasteiger partial charge on any atom is -0.204 e. The van der Waals surface area contributed by atoms with Crippen LogP contribution >= 0.6 is 50.1 Å². The number of halogens is 6. The average molecular weight is 497 g/mol. The van der Waals surface area contributed by atoms with Gasteiger partial charge in [-0.3, -0.25) is 0 Å². The molecule has 0 N–H and O–H groups in total. The zero-order valence-electron chi connectivity index (χ0n) is 10.7. The van der Waals surface area contributed by atoms with Crippen LogP contribution in [0.2, 0.25) is 5.02 Å². The zero-order chi connectivity index (χ0) is 16.0. The van der Waals surface area contributed by atoms with E-state index in [1.807, 2.05) is 46.9 Å².